The number of nitrogens with one attached hydrogen (secondary N) is 1. The Bertz CT molecular complexity index is 1300. The molecule has 1 saturated heterocycles. The Morgan fingerprint density at radius 3 is 2.69 bits per heavy atom. The van der Waals surface area contributed by atoms with Gasteiger partial charge in [-0.05, 0) is 78.3 Å². The maximum atomic E-state index is 13.7. The van der Waals surface area contributed by atoms with Gasteiger partial charge in [0.1, 0.15) is 23.9 Å². The first-order valence-electron chi connectivity index (χ1n) is 13.7. The van der Waals surface area contributed by atoms with Gasteiger partial charge in [-0.2, -0.15) is 0 Å². The zero-order valence-corrected chi connectivity index (χ0v) is 22.5. The fourth-order valence-electron chi connectivity index (χ4n) is 5.25. The average Bonchev–Trinajstić information content (AvgIpc) is 3.62. The molecule has 2 aromatic carbocycles. The molecule has 8 heteroatoms. The number of benzene rings is 2. The molecular weight excluding hydrogens is 499 g/mol. The number of hydrogen-bond donors (Lipinski definition) is 1. The van der Waals surface area contributed by atoms with Gasteiger partial charge < -0.3 is 24.1 Å². The van der Waals surface area contributed by atoms with Crippen molar-refractivity contribution in [2.24, 2.45) is 5.92 Å². The first kappa shape index (κ1) is 26.9. The molecule has 2 atom stereocenters. The maximum absolute atomic E-state index is 13.7. The quantitative estimate of drug-likeness (QED) is 0.396. The van der Waals surface area contributed by atoms with E-state index in [1.807, 2.05) is 36.9 Å². The number of carbonyl (C=O) groups excluding carboxylic acids is 2. The summed E-state index contributed by atoms with van der Waals surface area (Å²) < 4.78 is 31.0. The maximum Gasteiger partial charge on any atom is 0.287 e. The van der Waals surface area contributed by atoms with E-state index in [2.05, 4.69) is 5.32 Å². The third-order valence-electron chi connectivity index (χ3n) is 7.22. The number of amides is 2. The number of nitrogens with zero attached hydrogens (tertiary/aromatic N) is 1. The van der Waals surface area contributed by atoms with E-state index < -0.39 is 0 Å². The minimum Gasteiger partial charge on any atom is -0.486 e. The monoisotopic (exact) mass is 534 g/mol. The smallest absolute Gasteiger partial charge is 0.287 e. The molecular formula is C31H35FN2O5. The van der Waals surface area contributed by atoms with Gasteiger partial charge in [0, 0.05) is 26.1 Å². The predicted molar refractivity (Wildman–Crippen MR) is 144 cm³/mol. The Labute approximate surface area is 228 Å². The Kier molecular flexibility index (Phi) is 8.31. The molecule has 39 heavy (non-hydrogen) atoms. The van der Waals surface area contributed by atoms with Gasteiger partial charge in [-0.1, -0.05) is 32.0 Å². The molecule has 0 radical (unpaired) electrons. The summed E-state index contributed by atoms with van der Waals surface area (Å²) in [6.45, 7) is 6.01. The molecule has 206 valence electrons. The lowest BCUT2D eigenvalue weighted by Crippen LogP contribution is -2.41. The summed E-state index contributed by atoms with van der Waals surface area (Å²) in [5, 5.41) is 2.86. The van der Waals surface area contributed by atoms with Gasteiger partial charge in [0.15, 0.2) is 5.76 Å². The second kappa shape index (κ2) is 12.0. The van der Waals surface area contributed by atoms with Crippen LogP contribution < -0.4 is 10.1 Å². The van der Waals surface area contributed by atoms with Crippen molar-refractivity contribution in [3.8, 4) is 5.75 Å². The fourth-order valence-corrected chi connectivity index (χ4v) is 5.25. The number of carbonyl (C=O) groups is 2. The lowest BCUT2D eigenvalue weighted by molar-refractivity contribution is -0.134. The van der Waals surface area contributed by atoms with Crippen LogP contribution in [0.1, 0.15) is 72.2 Å². The molecule has 2 aliphatic rings. The Hall–Kier alpha value is -3.65. The van der Waals surface area contributed by atoms with Crippen molar-refractivity contribution < 1.29 is 27.9 Å². The lowest BCUT2D eigenvalue weighted by atomic mass is 9.87. The zero-order valence-electron chi connectivity index (χ0n) is 22.5. The summed E-state index contributed by atoms with van der Waals surface area (Å²) in [7, 11) is 0. The van der Waals surface area contributed by atoms with Crippen LogP contribution in [-0.4, -0.2) is 42.5 Å². The van der Waals surface area contributed by atoms with Gasteiger partial charge >= 0.3 is 0 Å². The Morgan fingerprint density at radius 2 is 1.95 bits per heavy atom. The first-order chi connectivity index (χ1) is 18.9. The van der Waals surface area contributed by atoms with Crippen LogP contribution in [0.4, 0.5) is 4.39 Å². The summed E-state index contributed by atoms with van der Waals surface area (Å²) in [4.78, 5) is 27.5. The van der Waals surface area contributed by atoms with Crippen LogP contribution >= 0.6 is 0 Å². The van der Waals surface area contributed by atoms with E-state index in [0.29, 0.717) is 31.0 Å². The second-order valence-corrected chi connectivity index (χ2v) is 10.6. The fraction of sp³-hybridized carbons (Fsp3) is 0.419. The van der Waals surface area contributed by atoms with Crippen LogP contribution in [-0.2, 0) is 22.6 Å². The van der Waals surface area contributed by atoms with Crippen molar-refractivity contribution in [3.63, 3.8) is 0 Å². The third kappa shape index (κ3) is 6.50. The van der Waals surface area contributed by atoms with E-state index >= 15 is 0 Å². The molecule has 0 unspecified atom stereocenters. The van der Waals surface area contributed by atoms with Gasteiger partial charge in [0.2, 0.25) is 5.91 Å². The highest BCUT2D eigenvalue weighted by molar-refractivity contribution is 5.91. The molecule has 2 amide bonds. The van der Waals surface area contributed by atoms with Crippen LogP contribution in [0.25, 0.3) is 0 Å². The van der Waals surface area contributed by atoms with Crippen LogP contribution in [0, 0.1) is 11.7 Å². The van der Waals surface area contributed by atoms with Crippen molar-refractivity contribution in [2.45, 2.75) is 58.3 Å². The number of ether oxygens (including phenoxy) is 2. The summed E-state index contributed by atoms with van der Waals surface area (Å²) in [6.07, 6.45) is 3.21. The van der Waals surface area contributed by atoms with Gasteiger partial charge in [-0.15, -0.1) is 0 Å². The highest BCUT2D eigenvalue weighted by Gasteiger charge is 2.32. The van der Waals surface area contributed by atoms with Crippen molar-refractivity contribution in [2.75, 3.05) is 19.7 Å². The van der Waals surface area contributed by atoms with Crippen molar-refractivity contribution in [3.05, 3.63) is 88.6 Å². The third-order valence-corrected chi connectivity index (χ3v) is 7.22. The van der Waals surface area contributed by atoms with Crippen molar-refractivity contribution in [1.29, 1.82) is 0 Å². The Balaban J connectivity index is 1.30. The summed E-state index contributed by atoms with van der Waals surface area (Å²) in [5.74, 6) is 1.10. The minimum atomic E-state index is -0.327. The SMILES string of the molecule is CC(C)CC(=O)N1CCc2ccc(OCc3ccc(C(=O)NC[C@@H]4CCCO4)o3)cc2[C@@H]1c1ccc(F)cc1. The molecule has 0 spiro atoms. The first-order valence-corrected chi connectivity index (χ1v) is 13.7. The molecule has 1 aromatic heterocycles. The molecule has 3 aromatic rings. The number of halogens is 1. The van der Waals surface area contributed by atoms with Gasteiger partial charge in [0.25, 0.3) is 5.91 Å². The minimum absolute atomic E-state index is 0.0612. The number of rotatable bonds is 9. The summed E-state index contributed by atoms with van der Waals surface area (Å²) in [6, 6.07) is 15.3. The molecule has 0 bridgehead atoms. The second-order valence-electron chi connectivity index (χ2n) is 10.6. The van der Waals surface area contributed by atoms with Crippen LogP contribution in [0.5, 0.6) is 5.75 Å². The topological polar surface area (TPSA) is 81.0 Å². The van der Waals surface area contributed by atoms with Gasteiger partial charge in [0.05, 0.1) is 12.1 Å². The van der Waals surface area contributed by atoms with Crippen LogP contribution in [0.15, 0.2) is 59.0 Å². The molecule has 0 aliphatic carbocycles. The molecule has 7 nitrogen and oxygen atoms in total. The van der Waals surface area contributed by atoms with E-state index in [0.717, 1.165) is 42.6 Å². The summed E-state index contributed by atoms with van der Waals surface area (Å²) in [5.41, 5.74) is 2.96. The molecule has 1 fully saturated rings. The van der Waals surface area contributed by atoms with E-state index in [9.17, 15) is 14.0 Å². The van der Waals surface area contributed by atoms with E-state index in [1.165, 1.54) is 12.1 Å². The molecule has 1 N–H and O–H groups in total. The zero-order chi connectivity index (χ0) is 27.4. The molecule has 2 aliphatic heterocycles. The average molecular weight is 535 g/mol. The highest BCUT2D eigenvalue weighted by Crippen LogP contribution is 2.38. The Morgan fingerprint density at radius 1 is 1.13 bits per heavy atom. The highest BCUT2D eigenvalue weighted by atomic mass is 19.1. The normalized spacial score (nSPS) is 18.7. The molecule has 5 rings (SSSR count). The van der Waals surface area contributed by atoms with E-state index in [1.54, 1.807) is 24.3 Å². The lowest BCUT2D eigenvalue weighted by Gasteiger charge is -2.38. The number of fused-ring (bicyclic) bond motifs is 1. The van der Waals surface area contributed by atoms with Crippen LogP contribution in [0.3, 0.4) is 0 Å². The standard InChI is InChI=1S/C31H35FN2O5/c1-20(2)16-29(35)34-14-13-21-7-10-24(17-27(21)30(34)22-5-8-23(32)9-6-22)38-19-26-11-12-28(39-26)31(36)33-18-25-4-3-15-37-25/h5-12,17,20,25,30H,3-4,13-16,18-19H2,1-2H3,(H,33,36)/t25-,30-/m0/s1. The van der Waals surface area contributed by atoms with Gasteiger partial charge in [-0.25, -0.2) is 4.39 Å². The summed E-state index contributed by atoms with van der Waals surface area (Å²) >= 11 is 0. The molecule has 3 heterocycles. The van der Waals surface area contributed by atoms with Crippen molar-refractivity contribution in [1.82, 2.24) is 10.2 Å². The predicted octanol–water partition coefficient (Wildman–Crippen LogP) is 5.43. The van der Waals surface area contributed by atoms with Gasteiger partial charge in [-0.3, -0.25) is 9.59 Å². The molecule has 0 saturated carbocycles. The largest absolute Gasteiger partial charge is 0.486 e. The van der Waals surface area contributed by atoms with E-state index in [4.69, 9.17) is 13.9 Å². The number of furan rings is 1. The van der Waals surface area contributed by atoms with E-state index in [-0.39, 0.29) is 48.1 Å². The number of hydrogen-bond acceptors (Lipinski definition) is 5. The van der Waals surface area contributed by atoms with Crippen molar-refractivity contribution >= 4 is 11.8 Å². The van der Waals surface area contributed by atoms with Crippen LogP contribution in [0.2, 0.25) is 0 Å².